The summed E-state index contributed by atoms with van der Waals surface area (Å²) in [7, 11) is 1.74. The van der Waals surface area contributed by atoms with Gasteiger partial charge in [-0.3, -0.25) is 9.98 Å². The normalized spacial score (nSPS) is 17.0. The van der Waals surface area contributed by atoms with Gasteiger partial charge in [0.2, 0.25) is 0 Å². The first-order valence-electron chi connectivity index (χ1n) is 10.7. The third-order valence-electron chi connectivity index (χ3n) is 5.40. The average molecular weight is 541 g/mol. The van der Waals surface area contributed by atoms with E-state index in [0.717, 1.165) is 31.0 Å². The standard InChI is InChI=1S/C23H32FN5O.HI/c1-18-7-3-4-13-29(18)14-6-12-27-23(25-2)28-16-19-9-10-22(21(24)15-19)30-20-8-5-11-26-17-20;/h5,8-11,15,17-18H,3-4,6-7,12-14,16H2,1-2H3,(H2,25,27,28);1H. The maximum absolute atomic E-state index is 14.4. The van der Waals surface area contributed by atoms with Gasteiger partial charge in [-0.25, -0.2) is 4.39 Å². The largest absolute Gasteiger partial charge is 0.453 e. The molecule has 0 aliphatic carbocycles. The van der Waals surface area contributed by atoms with Crippen molar-refractivity contribution in [3.8, 4) is 11.5 Å². The number of aromatic nitrogens is 1. The Balaban J connectivity index is 0.00000341. The minimum atomic E-state index is -0.406. The van der Waals surface area contributed by atoms with E-state index in [1.54, 1.807) is 37.6 Å². The van der Waals surface area contributed by atoms with Gasteiger partial charge in [0.25, 0.3) is 0 Å². The predicted octanol–water partition coefficient (Wildman–Crippen LogP) is 4.56. The summed E-state index contributed by atoms with van der Waals surface area (Å²) >= 11 is 0. The van der Waals surface area contributed by atoms with E-state index >= 15 is 0 Å². The number of likely N-dealkylation sites (tertiary alicyclic amines) is 1. The first kappa shape index (κ1) is 25.3. The molecule has 1 unspecified atom stereocenters. The first-order valence-corrected chi connectivity index (χ1v) is 10.7. The number of halogens is 2. The van der Waals surface area contributed by atoms with Crippen LogP contribution in [-0.2, 0) is 6.54 Å². The summed E-state index contributed by atoms with van der Waals surface area (Å²) in [6.07, 6.45) is 8.23. The molecule has 3 rings (SSSR count). The van der Waals surface area contributed by atoms with Crippen molar-refractivity contribution < 1.29 is 9.13 Å². The van der Waals surface area contributed by atoms with Crippen LogP contribution in [0.4, 0.5) is 4.39 Å². The highest BCUT2D eigenvalue weighted by atomic mass is 127. The number of pyridine rings is 1. The van der Waals surface area contributed by atoms with Gasteiger partial charge >= 0.3 is 0 Å². The number of nitrogens with one attached hydrogen (secondary N) is 2. The van der Waals surface area contributed by atoms with Crippen LogP contribution in [-0.4, -0.2) is 48.6 Å². The quantitative estimate of drug-likeness (QED) is 0.222. The number of aliphatic imine (C=N–C) groups is 1. The van der Waals surface area contributed by atoms with Crippen LogP contribution >= 0.6 is 24.0 Å². The topological polar surface area (TPSA) is 61.8 Å². The predicted molar refractivity (Wildman–Crippen MR) is 134 cm³/mol. The van der Waals surface area contributed by atoms with Gasteiger partial charge in [-0.2, -0.15) is 0 Å². The number of hydrogen-bond donors (Lipinski definition) is 2. The van der Waals surface area contributed by atoms with E-state index in [2.05, 4.69) is 32.4 Å². The molecule has 1 aliphatic heterocycles. The van der Waals surface area contributed by atoms with Gasteiger partial charge in [0.1, 0.15) is 5.75 Å². The summed E-state index contributed by atoms with van der Waals surface area (Å²) in [5.74, 6) is 1.00. The van der Waals surface area contributed by atoms with Crippen molar-refractivity contribution >= 4 is 29.9 Å². The van der Waals surface area contributed by atoms with E-state index in [1.165, 1.54) is 31.9 Å². The SMILES string of the molecule is CN=C(NCCCN1CCCCC1C)NCc1ccc(Oc2cccnc2)c(F)c1.I. The van der Waals surface area contributed by atoms with Crippen LogP contribution in [0.15, 0.2) is 47.7 Å². The molecule has 6 nitrogen and oxygen atoms in total. The number of rotatable bonds is 8. The molecule has 1 saturated heterocycles. The number of benzene rings is 1. The Morgan fingerprint density at radius 2 is 2.16 bits per heavy atom. The average Bonchev–Trinajstić information content (AvgIpc) is 2.77. The zero-order valence-corrected chi connectivity index (χ0v) is 20.6. The summed E-state index contributed by atoms with van der Waals surface area (Å²) in [5.41, 5.74) is 0.816. The van der Waals surface area contributed by atoms with E-state index in [4.69, 9.17) is 4.74 Å². The Hall–Kier alpha value is -1.94. The van der Waals surface area contributed by atoms with E-state index in [1.807, 2.05) is 6.07 Å². The molecule has 1 aromatic heterocycles. The lowest BCUT2D eigenvalue weighted by Crippen LogP contribution is -2.41. The van der Waals surface area contributed by atoms with Crippen LogP contribution in [0.25, 0.3) is 0 Å². The van der Waals surface area contributed by atoms with Gasteiger partial charge in [0.05, 0.1) is 6.20 Å². The molecule has 2 N–H and O–H groups in total. The third-order valence-corrected chi connectivity index (χ3v) is 5.40. The van der Waals surface area contributed by atoms with Gasteiger partial charge in [-0.1, -0.05) is 12.5 Å². The van der Waals surface area contributed by atoms with Gasteiger partial charge in [-0.15, -0.1) is 24.0 Å². The minimum absolute atomic E-state index is 0. The maximum Gasteiger partial charge on any atom is 0.191 e. The highest BCUT2D eigenvalue weighted by molar-refractivity contribution is 14.0. The summed E-state index contributed by atoms with van der Waals surface area (Å²) < 4.78 is 19.9. The molecule has 31 heavy (non-hydrogen) atoms. The molecule has 1 aromatic carbocycles. The Morgan fingerprint density at radius 1 is 1.29 bits per heavy atom. The molecule has 2 heterocycles. The molecular weight excluding hydrogens is 508 g/mol. The van der Waals surface area contributed by atoms with E-state index in [9.17, 15) is 4.39 Å². The molecule has 2 aromatic rings. The van der Waals surface area contributed by atoms with Gasteiger partial charge < -0.3 is 20.3 Å². The molecule has 1 fully saturated rings. The Kier molecular flexibility index (Phi) is 11.0. The van der Waals surface area contributed by atoms with Crippen LogP contribution in [0.5, 0.6) is 11.5 Å². The Labute approximate surface area is 201 Å². The second-order valence-corrected chi connectivity index (χ2v) is 7.64. The molecule has 0 radical (unpaired) electrons. The lowest BCUT2D eigenvalue weighted by atomic mass is 10.0. The van der Waals surface area contributed by atoms with Crippen molar-refractivity contribution in [2.24, 2.45) is 4.99 Å². The van der Waals surface area contributed by atoms with Crippen LogP contribution in [0.2, 0.25) is 0 Å². The van der Waals surface area contributed by atoms with Crippen molar-refractivity contribution in [2.45, 2.75) is 45.2 Å². The number of ether oxygens (including phenoxy) is 1. The number of guanidine groups is 1. The van der Waals surface area contributed by atoms with Crippen molar-refractivity contribution in [2.75, 3.05) is 26.7 Å². The van der Waals surface area contributed by atoms with Gasteiger partial charge in [0, 0.05) is 38.9 Å². The molecular formula is C23H33FIN5O. The molecule has 0 spiro atoms. The van der Waals surface area contributed by atoms with Gasteiger partial charge in [0.15, 0.2) is 17.5 Å². The fourth-order valence-corrected chi connectivity index (χ4v) is 3.66. The Bertz CT molecular complexity index is 821. The van der Waals surface area contributed by atoms with Crippen LogP contribution in [0.1, 0.15) is 38.2 Å². The fourth-order valence-electron chi connectivity index (χ4n) is 3.66. The third kappa shape index (κ3) is 8.25. The van der Waals surface area contributed by atoms with Crippen LogP contribution < -0.4 is 15.4 Å². The minimum Gasteiger partial charge on any atom is -0.453 e. The van der Waals surface area contributed by atoms with Gasteiger partial charge in [-0.05, 0) is 62.6 Å². The van der Waals surface area contributed by atoms with Crippen LogP contribution in [0.3, 0.4) is 0 Å². The lowest BCUT2D eigenvalue weighted by Gasteiger charge is -2.33. The lowest BCUT2D eigenvalue weighted by molar-refractivity contribution is 0.159. The molecule has 0 amide bonds. The van der Waals surface area contributed by atoms with Crippen molar-refractivity contribution in [1.29, 1.82) is 0 Å². The van der Waals surface area contributed by atoms with Crippen molar-refractivity contribution in [3.63, 3.8) is 0 Å². The Morgan fingerprint density at radius 3 is 2.87 bits per heavy atom. The van der Waals surface area contributed by atoms with Crippen LogP contribution in [0, 0.1) is 5.82 Å². The second kappa shape index (κ2) is 13.5. The van der Waals surface area contributed by atoms with E-state index < -0.39 is 5.82 Å². The molecule has 170 valence electrons. The zero-order valence-electron chi connectivity index (χ0n) is 18.3. The smallest absolute Gasteiger partial charge is 0.191 e. The molecule has 0 saturated carbocycles. The molecule has 1 aliphatic rings. The van der Waals surface area contributed by atoms with Crippen molar-refractivity contribution in [1.82, 2.24) is 20.5 Å². The number of nitrogens with zero attached hydrogens (tertiary/aromatic N) is 3. The van der Waals surface area contributed by atoms with E-state index in [0.29, 0.717) is 18.3 Å². The molecule has 1 atom stereocenters. The summed E-state index contributed by atoms with van der Waals surface area (Å²) in [6, 6.07) is 9.13. The second-order valence-electron chi connectivity index (χ2n) is 7.64. The van der Waals surface area contributed by atoms with E-state index in [-0.39, 0.29) is 29.7 Å². The monoisotopic (exact) mass is 541 g/mol. The molecule has 8 heteroatoms. The highest BCUT2D eigenvalue weighted by Crippen LogP contribution is 2.24. The van der Waals surface area contributed by atoms with Crippen molar-refractivity contribution in [3.05, 3.63) is 54.1 Å². The summed E-state index contributed by atoms with van der Waals surface area (Å²) in [6.45, 7) is 5.97. The fraction of sp³-hybridized carbons (Fsp3) is 0.478. The first-order chi connectivity index (χ1) is 14.7. The maximum atomic E-state index is 14.4. The number of piperidine rings is 1. The highest BCUT2D eigenvalue weighted by Gasteiger charge is 2.17. The number of hydrogen-bond acceptors (Lipinski definition) is 4. The summed E-state index contributed by atoms with van der Waals surface area (Å²) in [5, 5.41) is 6.58. The zero-order chi connectivity index (χ0) is 21.2. The summed E-state index contributed by atoms with van der Waals surface area (Å²) in [4.78, 5) is 10.8. The molecule has 0 bridgehead atoms.